The molecule has 2 aromatic rings. The quantitative estimate of drug-likeness (QED) is 0.875. The molecule has 2 N–H and O–H groups in total. The largest absolute Gasteiger partial charge is 0.394 e. The van der Waals surface area contributed by atoms with Crippen molar-refractivity contribution in [1.82, 2.24) is 20.1 Å². The van der Waals surface area contributed by atoms with Crippen LogP contribution >= 0.6 is 0 Å². The summed E-state index contributed by atoms with van der Waals surface area (Å²) in [5.41, 5.74) is 2.24. The molecule has 1 amide bonds. The fourth-order valence-corrected chi connectivity index (χ4v) is 3.46. The first-order chi connectivity index (χ1) is 11.9. The monoisotopic (exact) mass is 337 g/mol. The number of carbonyl (C=O) groups is 1. The highest BCUT2D eigenvalue weighted by molar-refractivity contribution is 5.95. The van der Waals surface area contributed by atoms with E-state index in [4.69, 9.17) is 5.26 Å². The summed E-state index contributed by atoms with van der Waals surface area (Å²) < 4.78 is 1.75. The average molecular weight is 337 g/mol. The molecule has 2 aliphatic rings. The Balaban J connectivity index is 1.74. The van der Waals surface area contributed by atoms with E-state index in [9.17, 15) is 9.90 Å². The third-order valence-electron chi connectivity index (χ3n) is 4.92. The van der Waals surface area contributed by atoms with Crippen LogP contribution in [0.15, 0.2) is 18.3 Å². The number of nitrogens with one attached hydrogen (secondary N) is 1. The summed E-state index contributed by atoms with van der Waals surface area (Å²) in [5.74, 6) is 1.37. The normalized spacial score (nSPS) is 20.6. The van der Waals surface area contributed by atoms with E-state index in [1.807, 2.05) is 0 Å². The molecule has 2 heterocycles. The molecule has 0 spiro atoms. The minimum absolute atomic E-state index is 0.149. The number of aliphatic hydroxyl groups excluding tert-OH is 1. The van der Waals surface area contributed by atoms with Crippen LogP contribution in [0.1, 0.15) is 53.5 Å². The molecule has 7 nitrogen and oxygen atoms in total. The molecule has 2 aliphatic carbocycles. The molecule has 0 unspecified atom stereocenters. The van der Waals surface area contributed by atoms with Crippen LogP contribution in [-0.4, -0.2) is 37.9 Å². The van der Waals surface area contributed by atoms with Crippen molar-refractivity contribution in [2.24, 2.45) is 5.92 Å². The SMILES string of the molecule is CC(C)(CO)NC(=O)c1nn(-c2ccc(C#N)cn2)c2c1C[C@@H]1C[C@H]21. The van der Waals surface area contributed by atoms with E-state index < -0.39 is 5.54 Å². The van der Waals surface area contributed by atoms with E-state index in [2.05, 4.69) is 21.5 Å². The van der Waals surface area contributed by atoms with Crippen LogP contribution in [0.2, 0.25) is 0 Å². The smallest absolute Gasteiger partial charge is 0.272 e. The van der Waals surface area contributed by atoms with E-state index in [0.717, 1.165) is 24.1 Å². The van der Waals surface area contributed by atoms with Crippen molar-refractivity contribution in [3.8, 4) is 11.9 Å². The Kier molecular flexibility index (Phi) is 3.41. The van der Waals surface area contributed by atoms with E-state index in [1.165, 1.54) is 6.20 Å². The number of nitrogens with zero attached hydrogens (tertiary/aromatic N) is 4. The number of nitriles is 1. The summed E-state index contributed by atoms with van der Waals surface area (Å²) in [5, 5.41) is 25.7. The van der Waals surface area contributed by atoms with Gasteiger partial charge in [0.1, 0.15) is 6.07 Å². The summed E-state index contributed by atoms with van der Waals surface area (Å²) in [6.45, 7) is 3.38. The van der Waals surface area contributed by atoms with Gasteiger partial charge in [-0.05, 0) is 44.7 Å². The Bertz CT molecular complexity index is 891. The second kappa shape index (κ2) is 5.39. The standard InChI is InChI=1S/C18H19N5O2/c1-18(2,9-24)21-17(25)15-13-6-11-5-12(11)16(13)23(22-15)14-4-3-10(7-19)8-20-14/h3-4,8,11-12,24H,5-6,9H2,1-2H3,(H,21,25)/t11-,12-/m0/s1. The van der Waals surface area contributed by atoms with Gasteiger partial charge in [0.25, 0.3) is 5.91 Å². The van der Waals surface area contributed by atoms with Gasteiger partial charge in [-0.15, -0.1) is 0 Å². The topological polar surface area (TPSA) is 104 Å². The number of hydrogen-bond acceptors (Lipinski definition) is 5. The number of aliphatic hydroxyl groups is 1. The summed E-state index contributed by atoms with van der Waals surface area (Å²) in [6.07, 6.45) is 3.49. The molecule has 1 fully saturated rings. The third-order valence-corrected chi connectivity index (χ3v) is 4.92. The van der Waals surface area contributed by atoms with E-state index in [-0.39, 0.29) is 12.5 Å². The summed E-state index contributed by atoms with van der Waals surface area (Å²) >= 11 is 0. The van der Waals surface area contributed by atoms with Crippen LogP contribution in [-0.2, 0) is 6.42 Å². The number of fused-ring (bicyclic) bond motifs is 3. The number of pyridine rings is 1. The summed E-state index contributed by atoms with van der Waals surface area (Å²) in [7, 11) is 0. The van der Waals surface area contributed by atoms with Crippen LogP contribution in [0.25, 0.3) is 5.82 Å². The molecule has 128 valence electrons. The van der Waals surface area contributed by atoms with Gasteiger partial charge in [0.05, 0.1) is 23.4 Å². The van der Waals surface area contributed by atoms with Gasteiger partial charge < -0.3 is 10.4 Å². The lowest BCUT2D eigenvalue weighted by Gasteiger charge is -2.23. The summed E-state index contributed by atoms with van der Waals surface area (Å²) in [4.78, 5) is 17.0. The second-order valence-corrected chi connectivity index (χ2v) is 7.44. The molecular weight excluding hydrogens is 318 g/mol. The van der Waals surface area contributed by atoms with Gasteiger partial charge in [-0.2, -0.15) is 10.4 Å². The first-order valence-electron chi connectivity index (χ1n) is 8.35. The van der Waals surface area contributed by atoms with Gasteiger partial charge in [0.2, 0.25) is 0 Å². The maximum absolute atomic E-state index is 12.7. The predicted octanol–water partition coefficient (Wildman–Crippen LogP) is 1.30. The van der Waals surface area contributed by atoms with E-state index in [0.29, 0.717) is 28.9 Å². The number of aromatic nitrogens is 3. The molecule has 2 aromatic heterocycles. The predicted molar refractivity (Wildman–Crippen MR) is 89.3 cm³/mol. The Hall–Kier alpha value is -2.72. The number of carbonyl (C=O) groups excluding carboxylic acids is 1. The van der Waals surface area contributed by atoms with Crippen molar-refractivity contribution in [2.45, 2.75) is 38.1 Å². The van der Waals surface area contributed by atoms with E-state index >= 15 is 0 Å². The number of amides is 1. The first kappa shape index (κ1) is 15.8. The van der Waals surface area contributed by atoms with Gasteiger partial charge >= 0.3 is 0 Å². The Morgan fingerprint density at radius 3 is 2.96 bits per heavy atom. The molecule has 1 saturated carbocycles. The third kappa shape index (κ3) is 2.59. The van der Waals surface area contributed by atoms with Crippen molar-refractivity contribution in [3.63, 3.8) is 0 Å². The second-order valence-electron chi connectivity index (χ2n) is 7.44. The molecule has 0 bridgehead atoms. The van der Waals surface area contributed by atoms with Crippen molar-refractivity contribution < 1.29 is 9.90 Å². The van der Waals surface area contributed by atoms with Crippen LogP contribution in [0, 0.1) is 17.2 Å². The zero-order valence-corrected chi connectivity index (χ0v) is 14.2. The fraction of sp³-hybridized carbons (Fsp3) is 0.444. The highest BCUT2D eigenvalue weighted by Gasteiger charge is 2.50. The molecular formula is C18H19N5O2. The number of hydrogen-bond donors (Lipinski definition) is 2. The average Bonchev–Trinajstić information content (AvgIpc) is 3.10. The molecule has 0 aliphatic heterocycles. The van der Waals surface area contributed by atoms with Crippen LogP contribution in [0.5, 0.6) is 0 Å². The first-order valence-corrected chi connectivity index (χ1v) is 8.35. The van der Waals surface area contributed by atoms with Gasteiger partial charge in [0, 0.05) is 17.7 Å². The maximum atomic E-state index is 12.7. The Morgan fingerprint density at radius 1 is 1.52 bits per heavy atom. The lowest BCUT2D eigenvalue weighted by Crippen LogP contribution is -2.46. The Labute approximate surface area is 145 Å². The van der Waals surface area contributed by atoms with Crippen LogP contribution in [0.4, 0.5) is 0 Å². The summed E-state index contributed by atoms with van der Waals surface area (Å²) in [6, 6.07) is 5.50. The molecule has 4 rings (SSSR count). The lowest BCUT2D eigenvalue weighted by molar-refractivity contribution is 0.0863. The van der Waals surface area contributed by atoms with Gasteiger partial charge in [0.15, 0.2) is 11.5 Å². The zero-order chi connectivity index (χ0) is 17.8. The zero-order valence-electron chi connectivity index (χ0n) is 14.2. The molecule has 0 saturated heterocycles. The molecule has 2 atom stereocenters. The molecule has 0 aromatic carbocycles. The minimum atomic E-state index is -0.706. The minimum Gasteiger partial charge on any atom is -0.394 e. The number of rotatable bonds is 4. The van der Waals surface area contributed by atoms with Gasteiger partial charge in [-0.3, -0.25) is 4.79 Å². The van der Waals surface area contributed by atoms with Crippen molar-refractivity contribution in [1.29, 1.82) is 5.26 Å². The van der Waals surface area contributed by atoms with E-state index in [1.54, 1.807) is 30.7 Å². The Morgan fingerprint density at radius 2 is 2.32 bits per heavy atom. The fourth-order valence-electron chi connectivity index (χ4n) is 3.46. The lowest BCUT2D eigenvalue weighted by atomic mass is 10.1. The van der Waals surface area contributed by atoms with Gasteiger partial charge in [-0.1, -0.05) is 0 Å². The maximum Gasteiger partial charge on any atom is 0.272 e. The van der Waals surface area contributed by atoms with Crippen molar-refractivity contribution in [2.75, 3.05) is 6.61 Å². The highest BCUT2D eigenvalue weighted by Crippen LogP contribution is 2.57. The molecule has 7 heteroatoms. The highest BCUT2D eigenvalue weighted by atomic mass is 16.3. The van der Waals surface area contributed by atoms with Crippen LogP contribution < -0.4 is 5.32 Å². The van der Waals surface area contributed by atoms with Crippen LogP contribution in [0.3, 0.4) is 0 Å². The van der Waals surface area contributed by atoms with Crippen molar-refractivity contribution >= 4 is 5.91 Å². The molecule has 0 radical (unpaired) electrons. The van der Waals surface area contributed by atoms with Crippen molar-refractivity contribution in [3.05, 3.63) is 40.8 Å². The molecule has 25 heavy (non-hydrogen) atoms. The van der Waals surface area contributed by atoms with Gasteiger partial charge in [-0.25, -0.2) is 9.67 Å².